The summed E-state index contributed by atoms with van der Waals surface area (Å²) in [5, 5.41) is 8.53. The van der Waals surface area contributed by atoms with Crippen LogP contribution in [0.3, 0.4) is 0 Å². The number of nitrogens with zero attached hydrogens (tertiary/aromatic N) is 2. The Bertz CT molecular complexity index is 485. The van der Waals surface area contributed by atoms with Gasteiger partial charge in [-0.3, -0.25) is 0 Å². The van der Waals surface area contributed by atoms with Crippen molar-refractivity contribution in [1.29, 1.82) is 5.26 Å². The van der Waals surface area contributed by atoms with Gasteiger partial charge in [0.2, 0.25) is 5.89 Å². The summed E-state index contributed by atoms with van der Waals surface area (Å²) in [6, 6.07) is 5.99. The van der Waals surface area contributed by atoms with Gasteiger partial charge in [-0.15, -0.1) is 0 Å². The molecular formula is C10H5FN2O. The van der Waals surface area contributed by atoms with Crippen molar-refractivity contribution in [1.82, 2.24) is 4.98 Å². The zero-order valence-electron chi connectivity index (χ0n) is 7.07. The molecule has 0 atom stereocenters. The second-order valence-corrected chi connectivity index (χ2v) is 2.64. The van der Waals surface area contributed by atoms with Crippen molar-refractivity contribution < 1.29 is 8.81 Å². The summed E-state index contributed by atoms with van der Waals surface area (Å²) in [6.45, 7) is 0. The van der Waals surface area contributed by atoms with Crippen LogP contribution in [0.2, 0.25) is 0 Å². The summed E-state index contributed by atoms with van der Waals surface area (Å²) in [6.07, 6.45) is 2.81. The monoisotopic (exact) mass is 188 g/mol. The third kappa shape index (κ3) is 1.36. The Kier molecular flexibility index (Phi) is 1.99. The standard InChI is InChI=1S/C10H5FN2O/c11-9-5-7(6-12)1-2-8(9)10-13-3-4-14-10/h1-5H. The molecule has 0 saturated carbocycles. The summed E-state index contributed by atoms with van der Waals surface area (Å²) in [5.74, 6) is -0.293. The number of halogens is 1. The Morgan fingerprint density at radius 3 is 2.86 bits per heavy atom. The largest absolute Gasteiger partial charge is 0.444 e. The lowest BCUT2D eigenvalue weighted by molar-refractivity contribution is 0.562. The maximum absolute atomic E-state index is 13.3. The van der Waals surface area contributed by atoms with Crippen molar-refractivity contribution in [2.75, 3.05) is 0 Å². The first-order chi connectivity index (χ1) is 6.81. The second-order valence-electron chi connectivity index (χ2n) is 2.64. The van der Waals surface area contributed by atoms with Crippen LogP contribution in [-0.2, 0) is 0 Å². The molecule has 0 unspecified atom stereocenters. The Balaban J connectivity index is 2.52. The van der Waals surface area contributed by atoms with Crippen LogP contribution in [0.5, 0.6) is 0 Å². The van der Waals surface area contributed by atoms with Crippen LogP contribution >= 0.6 is 0 Å². The molecule has 0 N–H and O–H groups in total. The lowest BCUT2D eigenvalue weighted by Gasteiger charge is -1.97. The van der Waals surface area contributed by atoms with Gasteiger partial charge in [0.05, 0.1) is 23.4 Å². The number of nitriles is 1. The van der Waals surface area contributed by atoms with Crippen molar-refractivity contribution in [3.8, 4) is 17.5 Å². The highest BCUT2D eigenvalue weighted by atomic mass is 19.1. The maximum Gasteiger partial charge on any atom is 0.228 e. The van der Waals surface area contributed by atoms with Gasteiger partial charge >= 0.3 is 0 Å². The van der Waals surface area contributed by atoms with Crippen LogP contribution in [-0.4, -0.2) is 4.98 Å². The molecule has 1 heterocycles. The fourth-order valence-corrected chi connectivity index (χ4v) is 1.11. The number of hydrogen-bond donors (Lipinski definition) is 0. The molecule has 0 fully saturated rings. The molecule has 2 aromatic rings. The minimum Gasteiger partial charge on any atom is -0.444 e. The highest BCUT2D eigenvalue weighted by molar-refractivity contribution is 5.55. The summed E-state index contributed by atoms with van der Waals surface area (Å²) >= 11 is 0. The smallest absolute Gasteiger partial charge is 0.228 e. The fraction of sp³-hybridized carbons (Fsp3) is 0. The van der Waals surface area contributed by atoms with Crippen molar-refractivity contribution >= 4 is 0 Å². The van der Waals surface area contributed by atoms with Crippen molar-refractivity contribution in [3.05, 3.63) is 42.0 Å². The van der Waals surface area contributed by atoms with Crippen LogP contribution in [0, 0.1) is 17.1 Å². The third-order valence-electron chi connectivity index (χ3n) is 1.76. The van der Waals surface area contributed by atoms with Crippen molar-refractivity contribution in [3.63, 3.8) is 0 Å². The van der Waals surface area contributed by atoms with E-state index in [0.29, 0.717) is 0 Å². The van der Waals surface area contributed by atoms with E-state index < -0.39 is 5.82 Å². The van der Waals surface area contributed by atoms with E-state index >= 15 is 0 Å². The van der Waals surface area contributed by atoms with Crippen LogP contribution < -0.4 is 0 Å². The molecule has 4 heteroatoms. The van der Waals surface area contributed by atoms with Gasteiger partial charge in [0.15, 0.2) is 0 Å². The van der Waals surface area contributed by atoms with E-state index in [1.54, 1.807) is 0 Å². The highest BCUT2D eigenvalue weighted by Gasteiger charge is 2.09. The molecule has 0 amide bonds. The molecule has 2 rings (SSSR count). The van der Waals surface area contributed by atoms with E-state index in [-0.39, 0.29) is 17.0 Å². The second kappa shape index (κ2) is 3.30. The van der Waals surface area contributed by atoms with Crippen LogP contribution in [0.15, 0.2) is 35.1 Å². The molecule has 0 radical (unpaired) electrons. The number of aromatic nitrogens is 1. The average Bonchev–Trinajstić information content (AvgIpc) is 2.70. The summed E-state index contributed by atoms with van der Waals surface area (Å²) in [7, 11) is 0. The minimum absolute atomic E-state index is 0.215. The molecule has 1 aromatic heterocycles. The van der Waals surface area contributed by atoms with Gasteiger partial charge in [0.25, 0.3) is 0 Å². The van der Waals surface area contributed by atoms with Crippen LogP contribution in [0.4, 0.5) is 4.39 Å². The molecule has 0 bridgehead atoms. The number of oxazole rings is 1. The minimum atomic E-state index is -0.508. The quantitative estimate of drug-likeness (QED) is 0.690. The van der Waals surface area contributed by atoms with Crippen LogP contribution in [0.25, 0.3) is 11.5 Å². The van der Waals surface area contributed by atoms with Crippen molar-refractivity contribution in [2.24, 2.45) is 0 Å². The van der Waals surface area contributed by atoms with E-state index in [1.165, 1.54) is 24.6 Å². The fourth-order valence-electron chi connectivity index (χ4n) is 1.11. The molecule has 14 heavy (non-hydrogen) atoms. The number of hydrogen-bond acceptors (Lipinski definition) is 3. The lowest BCUT2D eigenvalue weighted by atomic mass is 10.1. The van der Waals surface area contributed by atoms with Gasteiger partial charge in [0, 0.05) is 0 Å². The Morgan fingerprint density at radius 2 is 2.29 bits per heavy atom. The average molecular weight is 188 g/mol. The van der Waals surface area contributed by atoms with Gasteiger partial charge in [-0.05, 0) is 18.2 Å². The predicted molar refractivity (Wildman–Crippen MR) is 46.6 cm³/mol. The Morgan fingerprint density at radius 1 is 1.43 bits per heavy atom. The molecule has 3 nitrogen and oxygen atoms in total. The SMILES string of the molecule is N#Cc1ccc(-c2ncco2)c(F)c1. The molecule has 0 aliphatic rings. The summed E-state index contributed by atoms with van der Waals surface area (Å²) in [5.41, 5.74) is 0.534. The molecule has 68 valence electrons. The van der Waals surface area contributed by atoms with E-state index in [9.17, 15) is 4.39 Å². The van der Waals surface area contributed by atoms with E-state index in [2.05, 4.69) is 4.98 Å². The maximum atomic E-state index is 13.3. The first-order valence-corrected chi connectivity index (χ1v) is 3.91. The van der Waals surface area contributed by atoms with Gasteiger partial charge < -0.3 is 4.42 Å². The van der Waals surface area contributed by atoms with Crippen molar-refractivity contribution in [2.45, 2.75) is 0 Å². The van der Waals surface area contributed by atoms with E-state index in [1.807, 2.05) is 6.07 Å². The topological polar surface area (TPSA) is 49.8 Å². The highest BCUT2D eigenvalue weighted by Crippen LogP contribution is 2.21. The van der Waals surface area contributed by atoms with Gasteiger partial charge in [0.1, 0.15) is 12.1 Å². The lowest BCUT2D eigenvalue weighted by Crippen LogP contribution is -1.85. The first kappa shape index (κ1) is 8.45. The molecule has 0 saturated heterocycles. The predicted octanol–water partition coefficient (Wildman–Crippen LogP) is 2.35. The summed E-state index contributed by atoms with van der Waals surface area (Å²) < 4.78 is 18.3. The van der Waals surface area contributed by atoms with E-state index in [4.69, 9.17) is 9.68 Å². The zero-order chi connectivity index (χ0) is 9.97. The van der Waals surface area contributed by atoms with Crippen LogP contribution in [0.1, 0.15) is 5.56 Å². The Labute approximate surface area is 79.4 Å². The van der Waals surface area contributed by atoms with Gasteiger partial charge in [-0.1, -0.05) is 0 Å². The molecule has 0 spiro atoms. The summed E-state index contributed by atoms with van der Waals surface area (Å²) in [4.78, 5) is 3.81. The first-order valence-electron chi connectivity index (χ1n) is 3.91. The molecule has 1 aromatic carbocycles. The third-order valence-corrected chi connectivity index (χ3v) is 1.76. The normalized spacial score (nSPS) is 9.71. The molecular weight excluding hydrogens is 183 g/mol. The van der Waals surface area contributed by atoms with E-state index in [0.717, 1.165) is 6.07 Å². The van der Waals surface area contributed by atoms with Gasteiger partial charge in [-0.2, -0.15) is 5.26 Å². The molecule has 0 aliphatic carbocycles. The number of rotatable bonds is 1. The number of benzene rings is 1. The Hall–Kier alpha value is -2.15. The van der Waals surface area contributed by atoms with Gasteiger partial charge in [-0.25, -0.2) is 9.37 Å². The molecule has 0 aliphatic heterocycles. The zero-order valence-corrected chi connectivity index (χ0v) is 7.07.